The van der Waals surface area contributed by atoms with Gasteiger partial charge in [-0.05, 0) is 0 Å². The zero-order chi connectivity index (χ0) is 15.4. The van der Waals surface area contributed by atoms with Gasteiger partial charge in [-0.3, -0.25) is 14.9 Å². The van der Waals surface area contributed by atoms with E-state index in [9.17, 15) is 25.1 Å². The van der Waals surface area contributed by atoms with Gasteiger partial charge in [0.2, 0.25) is 11.7 Å². The summed E-state index contributed by atoms with van der Waals surface area (Å²) in [6, 6.07) is 0.937. The van der Waals surface area contributed by atoms with Crippen LogP contribution in [0.4, 0.5) is 11.5 Å². The van der Waals surface area contributed by atoms with E-state index >= 15 is 0 Å². The summed E-state index contributed by atoms with van der Waals surface area (Å²) in [7, 11) is 0. The summed E-state index contributed by atoms with van der Waals surface area (Å²) in [6.07, 6.45) is -2.96. The van der Waals surface area contributed by atoms with Crippen LogP contribution < -0.4 is 11.1 Å². The topological polar surface area (TPSA) is 152 Å². The van der Waals surface area contributed by atoms with E-state index in [4.69, 9.17) is 17.3 Å². The number of hydrogen-bond donors (Lipinski definition) is 4. The van der Waals surface area contributed by atoms with Crippen LogP contribution in [0.3, 0.4) is 0 Å². The predicted molar refractivity (Wildman–Crippen MR) is 70.0 cm³/mol. The molecule has 0 spiro atoms. The van der Waals surface area contributed by atoms with Crippen LogP contribution in [0.5, 0.6) is 0 Å². The molecule has 0 aliphatic carbocycles. The lowest BCUT2D eigenvalue weighted by Crippen LogP contribution is -2.34. The van der Waals surface area contributed by atoms with E-state index in [-0.39, 0.29) is 17.3 Å². The molecule has 1 aromatic rings. The Hall–Kier alpha value is -1.97. The van der Waals surface area contributed by atoms with Crippen molar-refractivity contribution in [1.29, 1.82) is 0 Å². The van der Waals surface area contributed by atoms with Gasteiger partial charge in [0, 0.05) is 25.1 Å². The van der Waals surface area contributed by atoms with Crippen LogP contribution in [-0.4, -0.2) is 38.7 Å². The van der Waals surface area contributed by atoms with Crippen molar-refractivity contribution in [3.63, 3.8) is 0 Å². The second-order valence-corrected chi connectivity index (χ2v) is 4.34. The first-order valence-corrected chi connectivity index (χ1v) is 5.82. The van der Waals surface area contributed by atoms with Crippen LogP contribution in [0.1, 0.15) is 18.6 Å². The molecule has 9 nitrogen and oxygen atoms in total. The Labute approximate surface area is 118 Å². The molecule has 1 rings (SSSR count). The largest absolute Gasteiger partial charge is 0.388 e. The first-order valence-electron chi connectivity index (χ1n) is 5.45. The van der Waals surface area contributed by atoms with Gasteiger partial charge in [-0.25, -0.2) is 4.98 Å². The third kappa shape index (κ3) is 3.76. The number of aliphatic hydroxyl groups is 2. The molecule has 0 radical (unpaired) electrons. The Kier molecular flexibility index (Phi) is 5.19. The molecule has 0 aliphatic heterocycles. The van der Waals surface area contributed by atoms with Gasteiger partial charge < -0.3 is 21.3 Å². The summed E-state index contributed by atoms with van der Waals surface area (Å²) in [5, 5.41) is 32.3. The Morgan fingerprint density at radius 3 is 2.75 bits per heavy atom. The number of carbonyl (C=O) groups is 1. The van der Waals surface area contributed by atoms with Crippen molar-refractivity contribution in [2.45, 2.75) is 19.1 Å². The molecule has 2 unspecified atom stereocenters. The maximum Gasteiger partial charge on any atom is 0.311 e. The van der Waals surface area contributed by atoms with E-state index < -0.39 is 34.5 Å². The van der Waals surface area contributed by atoms with Crippen molar-refractivity contribution in [3.8, 4) is 0 Å². The minimum atomic E-state index is -1.55. The van der Waals surface area contributed by atoms with E-state index in [1.807, 2.05) is 0 Å². The van der Waals surface area contributed by atoms with Crippen molar-refractivity contribution < 1.29 is 19.9 Å². The normalized spacial score (nSPS) is 13.6. The Balaban J connectivity index is 3.02. The summed E-state index contributed by atoms with van der Waals surface area (Å²) >= 11 is 5.74. The van der Waals surface area contributed by atoms with Gasteiger partial charge in [-0.15, -0.1) is 0 Å². The molecule has 0 bridgehead atoms. The molecule has 0 fully saturated rings. The predicted octanol–water partition coefficient (Wildman–Crippen LogP) is -0.244. The number of anilines is 1. The van der Waals surface area contributed by atoms with Crippen molar-refractivity contribution in [2.75, 3.05) is 12.3 Å². The molecule has 1 heterocycles. The van der Waals surface area contributed by atoms with Crippen molar-refractivity contribution in [3.05, 3.63) is 26.9 Å². The number of nitrogen functional groups attached to an aromatic ring is 1. The summed E-state index contributed by atoms with van der Waals surface area (Å²) in [5.74, 6) is -0.795. The van der Waals surface area contributed by atoms with Crippen molar-refractivity contribution in [1.82, 2.24) is 10.3 Å². The van der Waals surface area contributed by atoms with Crippen LogP contribution in [0.25, 0.3) is 0 Å². The van der Waals surface area contributed by atoms with Gasteiger partial charge >= 0.3 is 5.69 Å². The third-order valence-electron chi connectivity index (χ3n) is 2.45. The molecule has 10 heteroatoms. The molecular weight excluding hydrogens is 292 g/mol. The molecular formula is C10H13ClN4O5. The average Bonchev–Trinajstić information content (AvgIpc) is 2.34. The molecule has 0 saturated carbocycles. The third-order valence-corrected chi connectivity index (χ3v) is 2.75. The summed E-state index contributed by atoms with van der Waals surface area (Å²) < 4.78 is 0. The maximum absolute atomic E-state index is 10.7. The first-order chi connectivity index (χ1) is 9.23. The first kappa shape index (κ1) is 16.1. The standard InChI is InChI=1S/C10H13ClN4O5/c1-4(16)13-3-7(17)8(18)5-2-6(15(19)20)10(12)14-9(5)11/h2,7-8,17-18H,3H2,1H3,(H2,12,14)(H,13,16). The molecule has 20 heavy (non-hydrogen) atoms. The SMILES string of the molecule is CC(=O)NCC(O)C(O)c1cc([N+](=O)[O-])c(N)nc1Cl. The van der Waals surface area contributed by atoms with Crippen LogP contribution in [0.2, 0.25) is 5.15 Å². The average molecular weight is 305 g/mol. The highest BCUT2D eigenvalue weighted by Crippen LogP contribution is 2.30. The van der Waals surface area contributed by atoms with E-state index in [0.717, 1.165) is 6.07 Å². The van der Waals surface area contributed by atoms with E-state index in [0.29, 0.717) is 0 Å². The number of nitrogens with two attached hydrogens (primary N) is 1. The summed E-state index contributed by atoms with van der Waals surface area (Å²) in [5.41, 5.74) is 4.65. The number of carbonyl (C=O) groups excluding carboxylic acids is 1. The summed E-state index contributed by atoms with van der Waals surface area (Å²) in [6.45, 7) is 0.993. The zero-order valence-electron chi connectivity index (χ0n) is 10.4. The Morgan fingerprint density at radius 2 is 2.25 bits per heavy atom. The fourth-order valence-corrected chi connectivity index (χ4v) is 1.69. The Morgan fingerprint density at radius 1 is 1.65 bits per heavy atom. The molecule has 0 saturated heterocycles. The number of aliphatic hydroxyl groups excluding tert-OH is 2. The fourth-order valence-electron chi connectivity index (χ4n) is 1.43. The lowest BCUT2D eigenvalue weighted by atomic mass is 10.1. The van der Waals surface area contributed by atoms with Crippen molar-refractivity contribution in [2.24, 2.45) is 0 Å². The molecule has 2 atom stereocenters. The second kappa shape index (κ2) is 6.46. The van der Waals surface area contributed by atoms with Crippen LogP contribution in [-0.2, 0) is 4.79 Å². The van der Waals surface area contributed by atoms with Gasteiger partial charge in [0.05, 0.1) is 4.92 Å². The molecule has 0 aromatic carbocycles. The number of halogens is 1. The molecule has 110 valence electrons. The number of amides is 1. The molecule has 1 amide bonds. The van der Waals surface area contributed by atoms with Crippen LogP contribution in [0, 0.1) is 10.1 Å². The minimum Gasteiger partial charge on any atom is -0.388 e. The van der Waals surface area contributed by atoms with Crippen LogP contribution in [0.15, 0.2) is 6.07 Å². The zero-order valence-corrected chi connectivity index (χ0v) is 11.2. The highest BCUT2D eigenvalue weighted by Gasteiger charge is 2.26. The lowest BCUT2D eigenvalue weighted by molar-refractivity contribution is -0.384. The number of hydrogen-bond acceptors (Lipinski definition) is 7. The number of nitrogens with zero attached hydrogens (tertiary/aromatic N) is 2. The number of nitro groups is 1. The second-order valence-electron chi connectivity index (χ2n) is 3.98. The van der Waals surface area contributed by atoms with Crippen molar-refractivity contribution >= 4 is 29.0 Å². The van der Waals surface area contributed by atoms with E-state index in [2.05, 4.69) is 10.3 Å². The quantitative estimate of drug-likeness (QED) is 0.332. The smallest absolute Gasteiger partial charge is 0.311 e. The van der Waals surface area contributed by atoms with Gasteiger partial charge in [-0.2, -0.15) is 0 Å². The maximum atomic E-state index is 10.7. The Bertz CT molecular complexity index is 539. The van der Waals surface area contributed by atoms with Gasteiger partial charge in [0.25, 0.3) is 0 Å². The fraction of sp³-hybridized carbons (Fsp3) is 0.400. The number of aromatic nitrogens is 1. The van der Waals surface area contributed by atoms with E-state index in [1.54, 1.807) is 0 Å². The summed E-state index contributed by atoms with van der Waals surface area (Å²) in [4.78, 5) is 24.2. The molecule has 5 N–H and O–H groups in total. The van der Waals surface area contributed by atoms with E-state index in [1.165, 1.54) is 6.92 Å². The van der Waals surface area contributed by atoms with Gasteiger partial charge in [-0.1, -0.05) is 11.6 Å². The lowest BCUT2D eigenvalue weighted by Gasteiger charge is -2.19. The number of rotatable bonds is 5. The van der Waals surface area contributed by atoms with Gasteiger partial charge in [0.15, 0.2) is 0 Å². The monoisotopic (exact) mass is 304 g/mol. The number of pyridine rings is 1. The molecule has 0 aliphatic rings. The highest BCUT2D eigenvalue weighted by atomic mass is 35.5. The molecule has 1 aromatic heterocycles. The minimum absolute atomic E-state index is 0.148. The van der Waals surface area contributed by atoms with Gasteiger partial charge in [0.1, 0.15) is 17.4 Å². The number of nitrogens with one attached hydrogen (secondary N) is 1. The highest BCUT2D eigenvalue weighted by molar-refractivity contribution is 6.30. The van der Waals surface area contributed by atoms with Crippen LogP contribution >= 0.6 is 11.6 Å².